The average Bonchev–Trinajstić information content (AvgIpc) is 2.86. The Balaban J connectivity index is 1.45. The monoisotopic (exact) mass is 478 g/mol. The maximum Gasteiger partial charge on any atom is 0.267 e. The second-order valence-electron chi connectivity index (χ2n) is 8.63. The summed E-state index contributed by atoms with van der Waals surface area (Å²) in [6.07, 6.45) is 0.332. The molecule has 1 fully saturated rings. The largest absolute Gasteiger partial charge is 0.497 e. The van der Waals surface area contributed by atoms with Gasteiger partial charge in [0.05, 0.1) is 18.4 Å². The highest BCUT2D eigenvalue weighted by Crippen LogP contribution is 2.20. The summed E-state index contributed by atoms with van der Waals surface area (Å²) in [5.41, 5.74) is 3.27. The summed E-state index contributed by atoms with van der Waals surface area (Å²) < 4.78 is 19.8. The summed E-state index contributed by atoms with van der Waals surface area (Å²) >= 11 is 0. The molecule has 0 radical (unpaired) electrons. The first-order valence-corrected chi connectivity index (χ1v) is 11.3. The van der Waals surface area contributed by atoms with Gasteiger partial charge in [0.2, 0.25) is 5.91 Å². The molecule has 3 aromatic rings. The number of halogens is 1. The molecule has 4 rings (SSSR count). The third-order valence-corrected chi connectivity index (χ3v) is 6.40. The van der Waals surface area contributed by atoms with Crippen LogP contribution in [0.2, 0.25) is 0 Å². The lowest BCUT2D eigenvalue weighted by Gasteiger charge is -2.34. The van der Waals surface area contributed by atoms with Crippen LogP contribution in [0.1, 0.15) is 38.3 Å². The van der Waals surface area contributed by atoms with Gasteiger partial charge in [0, 0.05) is 31.6 Å². The Hall–Kier alpha value is -4.01. The molecule has 1 aliphatic rings. The van der Waals surface area contributed by atoms with Gasteiger partial charge in [-0.2, -0.15) is 5.10 Å². The first-order chi connectivity index (χ1) is 16.8. The molecule has 0 bridgehead atoms. The van der Waals surface area contributed by atoms with E-state index in [0.29, 0.717) is 42.9 Å². The van der Waals surface area contributed by atoms with Crippen molar-refractivity contribution in [3.05, 3.63) is 92.1 Å². The van der Waals surface area contributed by atoms with Crippen molar-refractivity contribution in [3.63, 3.8) is 0 Å². The summed E-state index contributed by atoms with van der Waals surface area (Å²) in [4.78, 5) is 40.6. The molecule has 0 atom stereocenters. The van der Waals surface area contributed by atoms with Crippen LogP contribution in [0.5, 0.6) is 5.75 Å². The quantitative estimate of drug-likeness (QED) is 0.588. The number of hydrogen-bond acceptors (Lipinski definition) is 5. The molecule has 1 aromatic heterocycles. The van der Waals surface area contributed by atoms with E-state index in [1.807, 2.05) is 24.3 Å². The number of piperazine rings is 1. The van der Waals surface area contributed by atoms with Crippen molar-refractivity contribution in [1.82, 2.24) is 20.0 Å². The predicted molar refractivity (Wildman–Crippen MR) is 128 cm³/mol. The zero-order valence-corrected chi connectivity index (χ0v) is 19.9. The molecule has 0 unspecified atom stereocenters. The Morgan fingerprint density at radius 3 is 2.46 bits per heavy atom. The van der Waals surface area contributed by atoms with Crippen LogP contribution in [0.4, 0.5) is 4.39 Å². The van der Waals surface area contributed by atoms with Crippen molar-refractivity contribution >= 4 is 11.8 Å². The molecule has 35 heavy (non-hydrogen) atoms. The molecule has 2 aromatic carbocycles. The molecule has 0 spiro atoms. The number of nitrogens with one attached hydrogen (secondary N) is 1. The van der Waals surface area contributed by atoms with Crippen molar-refractivity contribution in [2.45, 2.75) is 26.8 Å². The number of aromatic amines is 1. The summed E-state index contributed by atoms with van der Waals surface area (Å²) in [6, 6.07) is 11.8. The molecule has 182 valence electrons. The van der Waals surface area contributed by atoms with Crippen LogP contribution in [-0.4, -0.2) is 58.6 Å². The van der Waals surface area contributed by atoms with Crippen molar-refractivity contribution in [2.75, 3.05) is 26.7 Å². The van der Waals surface area contributed by atoms with Gasteiger partial charge in [-0.05, 0) is 54.8 Å². The lowest BCUT2D eigenvalue weighted by Crippen LogP contribution is -2.51. The maximum atomic E-state index is 14.6. The van der Waals surface area contributed by atoms with Gasteiger partial charge in [-0.1, -0.05) is 18.2 Å². The lowest BCUT2D eigenvalue weighted by molar-refractivity contribution is -0.135. The minimum absolute atomic E-state index is 0.0855. The zero-order valence-electron chi connectivity index (χ0n) is 19.9. The number of ether oxygens (including phenoxy) is 1. The van der Waals surface area contributed by atoms with Crippen LogP contribution in [0.15, 0.2) is 47.3 Å². The highest BCUT2D eigenvalue weighted by molar-refractivity contribution is 5.97. The molecule has 1 aliphatic heterocycles. The first kappa shape index (κ1) is 24.1. The fourth-order valence-electron chi connectivity index (χ4n) is 4.06. The van der Waals surface area contributed by atoms with Gasteiger partial charge in [-0.25, -0.2) is 9.49 Å². The van der Waals surface area contributed by atoms with Crippen molar-refractivity contribution in [1.29, 1.82) is 0 Å². The second-order valence-corrected chi connectivity index (χ2v) is 8.63. The number of methoxy groups -OCH3 is 1. The van der Waals surface area contributed by atoms with Crippen LogP contribution in [-0.2, 0) is 17.8 Å². The number of H-pyrrole nitrogens is 1. The molecule has 1 N–H and O–H groups in total. The third kappa shape index (κ3) is 5.24. The number of nitrogens with zero attached hydrogens (tertiary/aromatic N) is 3. The molecule has 8 nitrogen and oxygen atoms in total. The minimum Gasteiger partial charge on any atom is -0.497 e. The smallest absolute Gasteiger partial charge is 0.267 e. The SMILES string of the molecule is COc1ccc(CN2CCN(C(=O)c3cc(Cc4n[nH]c(=O)c(C)c4C)ccc3F)CC2=O)cc1. The van der Waals surface area contributed by atoms with Crippen LogP contribution >= 0.6 is 0 Å². The Labute approximate surface area is 202 Å². The van der Waals surface area contributed by atoms with Gasteiger partial charge in [0.15, 0.2) is 0 Å². The van der Waals surface area contributed by atoms with E-state index in [9.17, 15) is 18.8 Å². The van der Waals surface area contributed by atoms with E-state index in [0.717, 1.165) is 16.9 Å². The number of aromatic nitrogens is 2. The van der Waals surface area contributed by atoms with Gasteiger partial charge >= 0.3 is 0 Å². The Morgan fingerprint density at radius 1 is 1.06 bits per heavy atom. The molecule has 0 saturated carbocycles. The predicted octanol–water partition coefficient (Wildman–Crippen LogP) is 2.61. The van der Waals surface area contributed by atoms with E-state index in [1.165, 1.54) is 17.0 Å². The standard InChI is InChI=1S/C26H27FN4O4/c1-16-17(2)25(33)29-28-23(16)13-19-6-9-22(27)21(12-19)26(34)31-11-10-30(24(32)15-31)14-18-4-7-20(35-3)8-5-18/h4-9,12H,10-11,13-15H2,1-3H3,(H,29,33). The summed E-state index contributed by atoms with van der Waals surface area (Å²) in [7, 11) is 1.59. The lowest BCUT2D eigenvalue weighted by atomic mass is 10.0. The number of carbonyl (C=O) groups excluding carboxylic acids is 2. The molecule has 2 heterocycles. The van der Waals surface area contributed by atoms with E-state index in [2.05, 4.69) is 10.2 Å². The van der Waals surface area contributed by atoms with Crippen molar-refractivity contribution in [3.8, 4) is 5.75 Å². The van der Waals surface area contributed by atoms with Crippen molar-refractivity contribution < 1.29 is 18.7 Å². The molecular formula is C26H27FN4O4. The van der Waals surface area contributed by atoms with Gasteiger partial charge in [0.1, 0.15) is 18.1 Å². The number of benzene rings is 2. The summed E-state index contributed by atoms with van der Waals surface area (Å²) in [5, 5.41) is 6.56. The fraction of sp³-hybridized carbons (Fsp3) is 0.308. The van der Waals surface area contributed by atoms with Gasteiger partial charge in [0.25, 0.3) is 11.5 Å². The van der Waals surface area contributed by atoms with Crippen molar-refractivity contribution in [2.24, 2.45) is 0 Å². The second kappa shape index (κ2) is 10.1. The van der Waals surface area contributed by atoms with Crippen LogP contribution in [0.25, 0.3) is 0 Å². The number of rotatable bonds is 6. The van der Waals surface area contributed by atoms with E-state index in [1.54, 1.807) is 31.9 Å². The summed E-state index contributed by atoms with van der Waals surface area (Å²) in [5.74, 6) is -0.625. The minimum atomic E-state index is -0.644. The average molecular weight is 479 g/mol. The highest BCUT2D eigenvalue weighted by atomic mass is 19.1. The third-order valence-electron chi connectivity index (χ3n) is 6.40. The Bertz CT molecular complexity index is 1320. The summed E-state index contributed by atoms with van der Waals surface area (Å²) in [6.45, 7) is 4.50. The van der Waals surface area contributed by atoms with Gasteiger partial charge < -0.3 is 14.5 Å². The van der Waals surface area contributed by atoms with Gasteiger partial charge in [-0.3, -0.25) is 14.4 Å². The Morgan fingerprint density at radius 2 is 1.77 bits per heavy atom. The van der Waals surface area contributed by atoms with E-state index in [-0.39, 0.29) is 23.6 Å². The maximum absolute atomic E-state index is 14.6. The van der Waals surface area contributed by atoms with E-state index in [4.69, 9.17) is 4.74 Å². The highest BCUT2D eigenvalue weighted by Gasteiger charge is 2.29. The molecule has 9 heteroatoms. The van der Waals surface area contributed by atoms with E-state index < -0.39 is 11.7 Å². The fourth-order valence-corrected chi connectivity index (χ4v) is 4.06. The number of hydrogen-bond donors (Lipinski definition) is 1. The van der Waals surface area contributed by atoms with Crippen LogP contribution in [0, 0.1) is 19.7 Å². The van der Waals surface area contributed by atoms with Gasteiger partial charge in [-0.15, -0.1) is 0 Å². The molecule has 2 amide bonds. The topological polar surface area (TPSA) is 95.6 Å². The van der Waals surface area contributed by atoms with Crippen LogP contribution < -0.4 is 10.3 Å². The number of amides is 2. The van der Waals surface area contributed by atoms with Crippen LogP contribution in [0.3, 0.4) is 0 Å². The first-order valence-electron chi connectivity index (χ1n) is 11.3. The normalized spacial score (nSPS) is 13.8. The molecule has 1 saturated heterocycles. The molecular weight excluding hydrogens is 451 g/mol. The molecule has 0 aliphatic carbocycles. The Kier molecular flexibility index (Phi) is 6.95. The van der Waals surface area contributed by atoms with E-state index >= 15 is 0 Å². The number of carbonyl (C=O) groups is 2. The zero-order chi connectivity index (χ0) is 25.1.